The minimum Gasteiger partial charge on any atom is -0.465 e. The van der Waals surface area contributed by atoms with Gasteiger partial charge in [0.15, 0.2) is 0 Å². The van der Waals surface area contributed by atoms with Crippen LogP contribution in [0.1, 0.15) is 11.1 Å². The van der Waals surface area contributed by atoms with Gasteiger partial charge in [0.05, 0.1) is 0 Å². The number of fused-ring (bicyclic) bond motifs is 1. The van der Waals surface area contributed by atoms with Crippen molar-refractivity contribution in [3.63, 3.8) is 0 Å². The van der Waals surface area contributed by atoms with Gasteiger partial charge in [-0.25, -0.2) is 4.79 Å². The van der Waals surface area contributed by atoms with Crippen molar-refractivity contribution in [2.75, 3.05) is 6.54 Å². The predicted octanol–water partition coefficient (Wildman–Crippen LogP) is 2.40. The highest BCUT2D eigenvalue weighted by Crippen LogP contribution is 2.23. The molecule has 1 aromatic rings. The summed E-state index contributed by atoms with van der Waals surface area (Å²) in [6, 6.07) is 7.47. The van der Waals surface area contributed by atoms with Crippen molar-refractivity contribution in [1.82, 2.24) is 4.90 Å². The molecule has 6 heteroatoms. The molecule has 6 nitrogen and oxygen atoms in total. The first-order valence-corrected chi connectivity index (χ1v) is 5.29. The second-order valence-corrected chi connectivity index (χ2v) is 3.95. The van der Waals surface area contributed by atoms with E-state index in [2.05, 4.69) is 10.0 Å². The average molecular weight is 232 g/mol. The third-order valence-electron chi connectivity index (χ3n) is 2.96. The van der Waals surface area contributed by atoms with Crippen LogP contribution in [0.5, 0.6) is 0 Å². The van der Waals surface area contributed by atoms with Crippen LogP contribution in [0.3, 0.4) is 0 Å². The van der Waals surface area contributed by atoms with Crippen LogP contribution in [-0.2, 0) is 13.0 Å². The quantitative estimate of drug-likeness (QED) is 0.482. The Kier molecular flexibility index (Phi) is 3.16. The van der Waals surface area contributed by atoms with E-state index in [4.69, 9.17) is 10.6 Å². The summed E-state index contributed by atoms with van der Waals surface area (Å²) < 4.78 is 0. The van der Waals surface area contributed by atoms with Gasteiger partial charge in [-0.2, -0.15) is 0 Å². The molecule has 1 aromatic carbocycles. The Morgan fingerprint density at radius 2 is 2.24 bits per heavy atom. The lowest BCUT2D eigenvalue weighted by atomic mass is 9.94. The minimum absolute atomic E-state index is 0.178. The van der Waals surface area contributed by atoms with Crippen LogP contribution in [0.15, 0.2) is 29.4 Å². The van der Waals surface area contributed by atoms with Crippen molar-refractivity contribution in [2.45, 2.75) is 19.0 Å². The summed E-state index contributed by atoms with van der Waals surface area (Å²) in [6.07, 6.45) is -0.376. The lowest BCUT2D eigenvalue weighted by Gasteiger charge is -2.34. The number of benzene rings is 1. The maximum atomic E-state index is 11.1. The predicted molar refractivity (Wildman–Crippen MR) is 61.5 cm³/mol. The van der Waals surface area contributed by atoms with E-state index < -0.39 is 6.09 Å². The van der Waals surface area contributed by atoms with Crippen molar-refractivity contribution < 1.29 is 9.90 Å². The highest BCUT2D eigenvalue weighted by Gasteiger charge is 2.28. The molecule has 0 fully saturated rings. The molecule has 1 amide bonds. The Hall–Kier alpha value is -2.20. The molecule has 0 spiro atoms. The molecule has 88 valence electrons. The van der Waals surface area contributed by atoms with Gasteiger partial charge in [-0.3, -0.25) is 0 Å². The van der Waals surface area contributed by atoms with Crippen molar-refractivity contribution in [3.05, 3.63) is 45.8 Å². The highest BCUT2D eigenvalue weighted by molar-refractivity contribution is 5.66. The maximum absolute atomic E-state index is 11.1. The van der Waals surface area contributed by atoms with E-state index in [1.807, 2.05) is 24.3 Å². The van der Waals surface area contributed by atoms with Gasteiger partial charge in [0.1, 0.15) is 0 Å². The van der Waals surface area contributed by atoms with E-state index in [1.54, 1.807) is 0 Å². The average Bonchev–Trinajstić information content (AvgIpc) is 2.35. The first-order valence-electron chi connectivity index (χ1n) is 5.29. The first kappa shape index (κ1) is 11.3. The zero-order chi connectivity index (χ0) is 12.3. The van der Waals surface area contributed by atoms with Crippen LogP contribution in [-0.4, -0.2) is 28.7 Å². The summed E-state index contributed by atoms with van der Waals surface area (Å²) in [4.78, 5) is 15.1. The summed E-state index contributed by atoms with van der Waals surface area (Å²) >= 11 is 0. The molecule has 0 aliphatic carbocycles. The molecule has 17 heavy (non-hydrogen) atoms. The number of carbonyl (C=O) groups is 1. The van der Waals surface area contributed by atoms with Gasteiger partial charge in [-0.05, 0) is 23.1 Å². The molecule has 0 radical (unpaired) electrons. The monoisotopic (exact) mass is 232 g/mol. The van der Waals surface area contributed by atoms with Crippen molar-refractivity contribution in [2.24, 2.45) is 5.11 Å². The Balaban J connectivity index is 2.27. The third-order valence-corrected chi connectivity index (χ3v) is 2.96. The number of rotatable bonds is 2. The molecular formula is C11H12N4O2. The van der Waals surface area contributed by atoms with Crippen molar-refractivity contribution in [3.8, 4) is 0 Å². The van der Waals surface area contributed by atoms with Gasteiger partial charge in [0, 0.05) is 24.0 Å². The summed E-state index contributed by atoms with van der Waals surface area (Å²) in [5.74, 6) is 0. The van der Waals surface area contributed by atoms with Crippen LogP contribution >= 0.6 is 0 Å². The number of hydrogen-bond acceptors (Lipinski definition) is 2. The van der Waals surface area contributed by atoms with Gasteiger partial charge in [-0.1, -0.05) is 29.4 Å². The van der Waals surface area contributed by atoms with E-state index in [-0.39, 0.29) is 12.6 Å². The summed E-state index contributed by atoms with van der Waals surface area (Å²) in [6.45, 7) is 0.536. The van der Waals surface area contributed by atoms with Gasteiger partial charge >= 0.3 is 6.09 Å². The van der Waals surface area contributed by atoms with Crippen LogP contribution < -0.4 is 0 Å². The third kappa shape index (κ3) is 2.32. The maximum Gasteiger partial charge on any atom is 0.407 e. The van der Waals surface area contributed by atoms with E-state index in [9.17, 15) is 4.79 Å². The second-order valence-electron chi connectivity index (χ2n) is 3.95. The van der Waals surface area contributed by atoms with Crippen LogP contribution in [0, 0.1) is 0 Å². The first-order chi connectivity index (χ1) is 8.22. The van der Waals surface area contributed by atoms with Crippen molar-refractivity contribution in [1.29, 1.82) is 0 Å². The fourth-order valence-electron chi connectivity index (χ4n) is 2.11. The molecule has 1 heterocycles. The largest absolute Gasteiger partial charge is 0.465 e. The zero-order valence-corrected chi connectivity index (χ0v) is 9.15. The topological polar surface area (TPSA) is 89.3 Å². The fraction of sp³-hybridized carbons (Fsp3) is 0.364. The van der Waals surface area contributed by atoms with Gasteiger partial charge in [-0.15, -0.1) is 0 Å². The molecule has 2 rings (SSSR count). The Labute approximate surface area is 98.1 Å². The SMILES string of the molecule is [N-]=[N+]=NC[C@@H]1Cc2ccccc2CN1C(=O)O. The molecule has 0 saturated heterocycles. The number of hydrogen-bond donors (Lipinski definition) is 1. The van der Waals surface area contributed by atoms with E-state index in [0.717, 1.165) is 11.1 Å². The normalized spacial score (nSPS) is 18.1. The summed E-state index contributed by atoms with van der Waals surface area (Å²) in [5.41, 5.74) is 10.5. The summed E-state index contributed by atoms with van der Waals surface area (Å²) in [5, 5.41) is 12.6. The highest BCUT2D eigenvalue weighted by atomic mass is 16.4. The molecule has 1 N–H and O–H groups in total. The molecule has 0 saturated carbocycles. The van der Waals surface area contributed by atoms with Crippen LogP contribution in [0.2, 0.25) is 0 Å². The molecular weight excluding hydrogens is 220 g/mol. The standard InChI is InChI=1S/C11H12N4O2/c12-14-13-6-10-5-8-3-1-2-4-9(8)7-15(10)11(16)17/h1-4,10H,5-7H2,(H,16,17)/t10-/m0/s1. The molecule has 1 aliphatic heterocycles. The fourth-order valence-corrected chi connectivity index (χ4v) is 2.11. The van der Waals surface area contributed by atoms with Gasteiger partial charge < -0.3 is 10.0 Å². The Morgan fingerprint density at radius 3 is 2.88 bits per heavy atom. The number of nitrogens with zero attached hydrogens (tertiary/aromatic N) is 4. The lowest BCUT2D eigenvalue weighted by Crippen LogP contribution is -2.45. The van der Waals surface area contributed by atoms with Crippen LogP contribution in [0.4, 0.5) is 4.79 Å². The Bertz CT molecular complexity index is 482. The minimum atomic E-state index is -0.974. The van der Waals surface area contributed by atoms with Gasteiger partial charge in [0.2, 0.25) is 0 Å². The molecule has 1 atom stereocenters. The van der Waals surface area contributed by atoms with Crippen molar-refractivity contribution >= 4 is 6.09 Å². The molecule has 0 aromatic heterocycles. The summed E-state index contributed by atoms with van der Waals surface area (Å²) in [7, 11) is 0. The lowest BCUT2D eigenvalue weighted by molar-refractivity contribution is 0.117. The number of carboxylic acid groups (broad SMARTS) is 1. The van der Waals surface area contributed by atoms with Crippen LogP contribution in [0.25, 0.3) is 10.4 Å². The number of azide groups is 1. The zero-order valence-electron chi connectivity index (χ0n) is 9.15. The number of amides is 1. The smallest absolute Gasteiger partial charge is 0.407 e. The van der Waals surface area contributed by atoms with Gasteiger partial charge in [0.25, 0.3) is 0 Å². The second kappa shape index (κ2) is 4.76. The van der Waals surface area contributed by atoms with E-state index in [1.165, 1.54) is 4.90 Å². The molecule has 1 aliphatic rings. The van der Waals surface area contributed by atoms with E-state index >= 15 is 0 Å². The molecule has 0 unspecified atom stereocenters. The molecule has 0 bridgehead atoms. The Morgan fingerprint density at radius 1 is 1.53 bits per heavy atom. The van der Waals surface area contributed by atoms with E-state index in [0.29, 0.717) is 13.0 Å².